The van der Waals surface area contributed by atoms with Crippen LogP contribution in [0.25, 0.3) is 0 Å². The quantitative estimate of drug-likeness (QED) is 0.849. The van der Waals surface area contributed by atoms with Gasteiger partial charge in [-0.3, -0.25) is 4.79 Å². The first kappa shape index (κ1) is 13.5. The lowest BCUT2D eigenvalue weighted by Crippen LogP contribution is -2.34. The average Bonchev–Trinajstić information content (AvgIpc) is 2.86. The molecule has 0 saturated heterocycles. The van der Waals surface area contributed by atoms with E-state index in [1.54, 1.807) is 6.07 Å². The highest BCUT2D eigenvalue weighted by atomic mass is 16.5. The molecule has 1 atom stereocenters. The van der Waals surface area contributed by atoms with E-state index in [-0.39, 0.29) is 12.0 Å². The van der Waals surface area contributed by atoms with Gasteiger partial charge in [0.05, 0.1) is 6.54 Å². The van der Waals surface area contributed by atoms with Gasteiger partial charge in [-0.1, -0.05) is 18.2 Å². The fourth-order valence-electron chi connectivity index (χ4n) is 2.62. The summed E-state index contributed by atoms with van der Waals surface area (Å²) < 4.78 is 5.80. The Morgan fingerprint density at radius 1 is 1.33 bits per heavy atom. The zero-order valence-electron chi connectivity index (χ0n) is 11.9. The van der Waals surface area contributed by atoms with Gasteiger partial charge in [-0.15, -0.1) is 0 Å². The third-order valence-electron chi connectivity index (χ3n) is 3.57. The minimum atomic E-state index is -0.120. The number of rotatable bonds is 3. The van der Waals surface area contributed by atoms with Crippen LogP contribution < -0.4 is 15.8 Å². The number of hydrogen-bond donors (Lipinski definition) is 2. The van der Waals surface area contributed by atoms with E-state index in [0.29, 0.717) is 17.8 Å². The Hall–Kier alpha value is -2.49. The Kier molecular flexibility index (Phi) is 3.52. The van der Waals surface area contributed by atoms with Crippen LogP contribution in [0.2, 0.25) is 0 Å². The molecule has 2 aromatic rings. The number of amides is 1. The molecule has 0 bridgehead atoms. The number of para-hydroxylation sites is 1. The standard InChI is InChI=1S/C17H18N2O2/c1-11-6-13(8-14(18)7-11)17(20)19-10-15-9-12-4-2-3-5-16(12)21-15/h2-8,15H,9-10,18H2,1H3,(H,19,20). The smallest absolute Gasteiger partial charge is 0.251 e. The van der Waals surface area contributed by atoms with Gasteiger partial charge >= 0.3 is 0 Å². The summed E-state index contributed by atoms with van der Waals surface area (Å²) in [7, 11) is 0. The third kappa shape index (κ3) is 2.99. The summed E-state index contributed by atoms with van der Waals surface area (Å²) in [5.74, 6) is 0.793. The zero-order valence-corrected chi connectivity index (χ0v) is 11.9. The van der Waals surface area contributed by atoms with Gasteiger partial charge in [-0.05, 0) is 42.3 Å². The van der Waals surface area contributed by atoms with Gasteiger partial charge in [-0.2, -0.15) is 0 Å². The molecule has 0 aromatic heterocycles. The van der Waals surface area contributed by atoms with Gasteiger partial charge in [0, 0.05) is 17.7 Å². The van der Waals surface area contributed by atoms with E-state index in [1.165, 1.54) is 5.56 Å². The topological polar surface area (TPSA) is 64.4 Å². The number of fused-ring (bicyclic) bond motifs is 1. The Labute approximate surface area is 123 Å². The summed E-state index contributed by atoms with van der Waals surface area (Å²) in [4.78, 5) is 12.2. The normalized spacial score (nSPS) is 16.1. The lowest BCUT2D eigenvalue weighted by molar-refractivity contribution is 0.0933. The van der Waals surface area contributed by atoms with E-state index in [0.717, 1.165) is 17.7 Å². The van der Waals surface area contributed by atoms with Gasteiger partial charge in [0.25, 0.3) is 5.91 Å². The number of aryl methyl sites for hydroxylation is 1. The maximum Gasteiger partial charge on any atom is 0.251 e. The number of carbonyl (C=O) groups is 1. The largest absolute Gasteiger partial charge is 0.488 e. The molecule has 3 N–H and O–H groups in total. The minimum Gasteiger partial charge on any atom is -0.488 e. The molecule has 1 aliphatic heterocycles. The summed E-state index contributed by atoms with van der Waals surface area (Å²) in [6.45, 7) is 2.41. The number of nitrogens with one attached hydrogen (secondary N) is 1. The third-order valence-corrected chi connectivity index (χ3v) is 3.57. The number of hydrogen-bond acceptors (Lipinski definition) is 3. The van der Waals surface area contributed by atoms with Crippen molar-refractivity contribution in [2.45, 2.75) is 19.4 Å². The summed E-state index contributed by atoms with van der Waals surface area (Å²) in [5, 5.41) is 2.91. The molecule has 3 rings (SSSR count). The first-order chi connectivity index (χ1) is 10.1. The average molecular weight is 282 g/mol. The Morgan fingerprint density at radius 3 is 2.90 bits per heavy atom. The van der Waals surface area contributed by atoms with Crippen LogP contribution >= 0.6 is 0 Å². The van der Waals surface area contributed by atoms with Crippen LogP contribution in [0.1, 0.15) is 21.5 Å². The number of carbonyl (C=O) groups excluding carboxylic acids is 1. The fraction of sp³-hybridized carbons (Fsp3) is 0.235. The van der Waals surface area contributed by atoms with Crippen molar-refractivity contribution < 1.29 is 9.53 Å². The highest BCUT2D eigenvalue weighted by Crippen LogP contribution is 2.27. The molecule has 0 saturated carbocycles. The lowest BCUT2D eigenvalue weighted by atomic mass is 10.1. The highest BCUT2D eigenvalue weighted by Gasteiger charge is 2.22. The predicted molar refractivity (Wildman–Crippen MR) is 82.5 cm³/mol. The van der Waals surface area contributed by atoms with Crippen molar-refractivity contribution in [1.29, 1.82) is 0 Å². The molecule has 0 spiro atoms. The van der Waals surface area contributed by atoms with Crippen molar-refractivity contribution in [3.63, 3.8) is 0 Å². The van der Waals surface area contributed by atoms with Crippen LogP contribution in [-0.4, -0.2) is 18.6 Å². The molecule has 1 heterocycles. The number of nitrogen functional groups attached to an aromatic ring is 1. The van der Waals surface area contributed by atoms with Crippen molar-refractivity contribution in [3.8, 4) is 5.75 Å². The molecule has 1 aliphatic rings. The first-order valence-electron chi connectivity index (χ1n) is 7.02. The van der Waals surface area contributed by atoms with Crippen molar-refractivity contribution in [2.24, 2.45) is 0 Å². The number of ether oxygens (including phenoxy) is 1. The molecular weight excluding hydrogens is 264 g/mol. The second kappa shape index (κ2) is 5.48. The molecule has 1 unspecified atom stereocenters. The predicted octanol–water partition coefficient (Wildman–Crippen LogP) is 2.31. The Bertz CT molecular complexity index is 637. The summed E-state index contributed by atoms with van der Waals surface area (Å²) in [6.07, 6.45) is 0.820. The van der Waals surface area contributed by atoms with E-state index in [4.69, 9.17) is 10.5 Å². The van der Waals surface area contributed by atoms with Crippen LogP contribution in [-0.2, 0) is 6.42 Å². The molecule has 0 aliphatic carbocycles. The van der Waals surface area contributed by atoms with E-state index in [9.17, 15) is 4.79 Å². The lowest BCUT2D eigenvalue weighted by Gasteiger charge is -2.12. The van der Waals surface area contributed by atoms with Crippen molar-refractivity contribution in [3.05, 3.63) is 59.2 Å². The SMILES string of the molecule is Cc1cc(N)cc(C(=O)NCC2Cc3ccccc3O2)c1. The molecule has 4 nitrogen and oxygen atoms in total. The molecular formula is C17H18N2O2. The van der Waals surface area contributed by atoms with Crippen molar-refractivity contribution in [1.82, 2.24) is 5.32 Å². The zero-order chi connectivity index (χ0) is 14.8. The number of nitrogens with two attached hydrogens (primary N) is 1. The monoisotopic (exact) mass is 282 g/mol. The maximum atomic E-state index is 12.2. The van der Waals surface area contributed by atoms with Crippen LogP contribution in [0.3, 0.4) is 0 Å². The van der Waals surface area contributed by atoms with Gasteiger partial charge in [-0.25, -0.2) is 0 Å². The van der Waals surface area contributed by atoms with Crippen LogP contribution in [0.5, 0.6) is 5.75 Å². The minimum absolute atomic E-state index is 0.00601. The van der Waals surface area contributed by atoms with Gasteiger partial charge in [0.2, 0.25) is 0 Å². The number of benzene rings is 2. The molecule has 4 heteroatoms. The Balaban J connectivity index is 1.60. The van der Waals surface area contributed by atoms with E-state index < -0.39 is 0 Å². The van der Waals surface area contributed by atoms with Crippen LogP contribution in [0.15, 0.2) is 42.5 Å². The van der Waals surface area contributed by atoms with Gasteiger partial charge in [0.1, 0.15) is 11.9 Å². The van der Waals surface area contributed by atoms with Gasteiger partial charge < -0.3 is 15.8 Å². The Morgan fingerprint density at radius 2 is 2.14 bits per heavy atom. The fourth-order valence-corrected chi connectivity index (χ4v) is 2.62. The second-order valence-electron chi connectivity index (χ2n) is 5.39. The molecule has 1 amide bonds. The molecule has 21 heavy (non-hydrogen) atoms. The molecule has 0 fully saturated rings. The summed E-state index contributed by atoms with van der Waals surface area (Å²) in [5.41, 5.74) is 9.12. The summed E-state index contributed by atoms with van der Waals surface area (Å²) >= 11 is 0. The molecule has 2 aromatic carbocycles. The van der Waals surface area contributed by atoms with Gasteiger partial charge in [0.15, 0.2) is 0 Å². The molecule has 0 radical (unpaired) electrons. The highest BCUT2D eigenvalue weighted by molar-refractivity contribution is 5.95. The van der Waals surface area contributed by atoms with E-state index in [1.807, 2.05) is 37.3 Å². The first-order valence-corrected chi connectivity index (χ1v) is 7.02. The van der Waals surface area contributed by atoms with Crippen LogP contribution in [0, 0.1) is 6.92 Å². The van der Waals surface area contributed by atoms with E-state index in [2.05, 4.69) is 11.4 Å². The number of anilines is 1. The maximum absolute atomic E-state index is 12.2. The van der Waals surface area contributed by atoms with Crippen molar-refractivity contribution >= 4 is 11.6 Å². The van der Waals surface area contributed by atoms with E-state index >= 15 is 0 Å². The van der Waals surface area contributed by atoms with Crippen LogP contribution in [0.4, 0.5) is 5.69 Å². The second-order valence-corrected chi connectivity index (χ2v) is 5.39. The summed E-state index contributed by atoms with van der Waals surface area (Å²) in [6, 6.07) is 13.3. The molecule has 108 valence electrons. The van der Waals surface area contributed by atoms with Crippen molar-refractivity contribution in [2.75, 3.05) is 12.3 Å².